The molecule has 0 aliphatic heterocycles. The van der Waals surface area contributed by atoms with Crippen LogP contribution in [0.25, 0.3) is 0 Å². The molecule has 8 unspecified atom stereocenters. The average Bonchev–Trinajstić information content (AvgIpc) is 3.70. The minimum absolute atomic E-state index is 0.0641. The molecule has 0 aromatic rings. The van der Waals surface area contributed by atoms with Gasteiger partial charge in [0, 0.05) is 12.8 Å². The lowest BCUT2D eigenvalue weighted by atomic mass is 9.47. The summed E-state index contributed by atoms with van der Waals surface area (Å²) in [6.07, 6.45) is 77.3. The number of allylic oxidation sites excluding steroid dienone is 13. The zero-order chi connectivity index (χ0) is 49.3. The molecule has 4 rings (SSSR count). The summed E-state index contributed by atoms with van der Waals surface area (Å²) in [4.78, 5) is 13.0. The summed E-state index contributed by atoms with van der Waals surface area (Å²) in [6.45, 7) is 14.9. The van der Waals surface area contributed by atoms with E-state index in [1.54, 1.807) is 5.57 Å². The molecule has 8 atom stereocenters. The highest BCUT2D eigenvalue weighted by Gasteiger charge is 2.59. The molecular weight excluding hydrogens is 837 g/mol. The van der Waals surface area contributed by atoms with Crippen LogP contribution in [0.2, 0.25) is 0 Å². The van der Waals surface area contributed by atoms with Gasteiger partial charge in [0.15, 0.2) is 0 Å². The van der Waals surface area contributed by atoms with Gasteiger partial charge in [-0.25, -0.2) is 0 Å². The van der Waals surface area contributed by atoms with Crippen LogP contribution in [0.15, 0.2) is 84.6 Å². The molecule has 4 aliphatic rings. The third-order valence-electron chi connectivity index (χ3n) is 18.2. The average molecular weight is 950 g/mol. The van der Waals surface area contributed by atoms with Gasteiger partial charge in [-0.05, 0) is 149 Å². The second-order valence-corrected chi connectivity index (χ2v) is 24.0. The van der Waals surface area contributed by atoms with Crippen LogP contribution < -0.4 is 0 Å². The van der Waals surface area contributed by atoms with E-state index < -0.39 is 0 Å². The van der Waals surface area contributed by atoms with E-state index in [0.29, 0.717) is 17.3 Å². The fraction of sp³-hybridized carbons (Fsp3) is 0.776. The van der Waals surface area contributed by atoms with Gasteiger partial charge >= 0.3 is 5.97 Å². The van der Waals surface area contributed by atoms with Gasteiger partial charge in [0.25, 0.3) is 0 Å². The maximum atomic E-state index is 13.0. The lowest BCUT2D eigenvalue weighted by Crippen LogP contribution is -2.51. The smallest absolute Gasteiger partial charge is 0.306 e. The first-order chi connectivity index (χ1) is 33.7. The Kier molecular flexibility index (Phi) is 30.7. The van der Waals surface area contributed by atoms with E-state index in [9.17, 15) is 4.79 Å². The van der Waals surface area contributed by atoms with E-state index in [2.05, 4.69) is 121 Å². The van der Waals surface area contributed by atoms with E-state index in [1.165, 1.54) is 173 Å². The number of hydrogen-bond acceptors (Lipinski definition) is 2. The van der Waals surface area contributed by atoms with Crippen LogP contribution in [0.1, 0.15) is 279 Å². The summed E-state index contributed by atoms with van der Waals surface area (Å²) in [5, 5.41) is 0. The van der Waals surface area contributed by atoms with Crippen LogP contribution in [0.4, 0.5) is 0 Å². The van der Waals surface area contributed by atoms with Crippen molar-refractivity contribution in [3.63, 3.8) is 0 Å². The summed E-state index contributed by atoms with van der Waals surface area (Å²) in [5.41, 5.74) is 2.52. The molecule has 3 saturated carbocycles. The molecule has 0 N–H and O–H groups in total. The summed E-state index contributed by atoms with van der Waals surface area (Å²) >= 11 is 0. The first-order valence-corrected chi connectivity index (χ1v) is 30.5. The zero-order valence-electron chi connectivity index (χ0n) is 46.5. The van der Waals surface area contributed by atoms with E-state index >= 15 is 0 Å². The summed E-state index contributed by atoms with van der Waals surface area (Å²) in [5.74, 6) is 5.30. The summed E-state index contributed by atoms with van der Waals surface area (Å²) < 4.78 is 6.18. The quantitative estimate of drug-likeness (QED) is 0.0350. The molecule has 3 fully saturated rings. The van der Waals surface area contributed by atoms with Crippen LogP contribution in [0.5, 0.6) is 0 Å². The summed E-state index contributed by atoms with van der Waals surface area (Å²) in [7, 11) is 0. The number of carbonyl (C=O) groups is 1. The van der Waals surface area contributed by atoms with E-state index in [-0.39, 0.29) is 12.1 Å². The van der Waals surface area contributed by atoms with Crippen molar-refractivity contribution in [3.05, 3.63) is 84.6 Å². The number of carbonyl (C=O) groups excluding carboxylic acids is 1. The van der Waals surface area contributed by atoms with Crippen molar-refractivity contribution in [1.29, 1.82) is 0 Å². The Balaban J connectivity index is 0.881. The third-order valence-corrected chi connectivity index (χ3v) is 18.2. The lowest BCUT2D eigenvalue weighted by molar-refractivity contribution is -0.151. The molecule has 4 aliphatic carbocycles. The van der Waals surface area contributed by atoms with Gasteiger partial charge in [0.1, 0.15) is 6.10 Å². The molecule has 0 aromatic heterocycles. The van der Waals surface area contributed by atoms with Crippen LogP contribution >= 0.6 is 0 Å². The van der Waals surface area contributed by atoms with Gasteiger partial charge in [-0.2, -0.15) is 0 Å². The van der Waals surface area contributed by atoms with Gasteiger partial charge in [-0.3, -0.25) is 4.79 Å². The third kappa shape index (κ3) is 22.5. The monoisotopic (exact) mass is 949 g/mol. The number of fused-ring (bicyclic) bond motifs is 5. The van der Waals surface area contributed by atoms with Crippen molar-refractivity contribution >= 4 is 5.97 Å². The van der Waals surface area contributed by atoms with Crippen LogP contribution in [-0.4, -0.2) is 12.1 Å². The predicted molar refractivity (Wildman–Crippen MR) is 303 cm³/mol. The minimum Gasteiger partial charge on any atom is -0.462 e. The largest absolute Gasteiger partial charge is 0.462 e. The normalized spacial score (nSPS) is 26.6. The van der Waals surface area contributed by atoms with E-state index in [4.69, 9.17) is 4.74 Å². The Morgan fingerprint density at radius 3 is 1.58 bits per heavy atom. The topological polar surface area (TPSA) is 26.3 Å². The molecule has 0 amide bonds. The molecule has 0 bridgehead atoms. The summed E-state index contributed by atoms with van der Waals surface area (Å²) in [6, 6.07) is 0. The van der Waals surface area contributed by atoms with Crippen molar-refractivity contribution in [1.82, 2.24) is 0 Å². The molecule has 0 spiro atoms. The molecule has 69 heavy (non-hydrogen) atoms. The highest BCUT2D eigenvalue weighted by molar-refractivity contribution is 5.69. The van der Waals surface area contributed by atoms with E-state index in [1.807, 2.05) is 0 Å². The number of ether oxygens (including phenoxy) is 1. The van der Waals surface area contributed by atoms with Gasteiger partial charge in [0.05, 0.1) is 0 Å². The predicted octanol–water partition coefficient (Wildman–Crippen LogP) is 21.4. The van der Waals surface area contributed by atoms with Crippen LogP contribution in [-0.2, 0) is 9.53 Å². The molecule has 0 radical (unpaired) electrons. The van der Waals surface area contributed by atoms with Crippen LogP contribution in [0.3, 0.4) is 0 Å². The van der Waals surface area contributed by atoms with Gasteiger partial charge < -0.3 is 4.74 Å². The van der Waals surface area contributed by atoms with Crippen molar-refractivity contribution < 1.29 is 9.53 Å². The Morgan fingerprint density at radius 2 is 1.06 bits per heavy atom. The first kappa shape index (κ1) is 59.2. The number of esters is 1. The molecular formula is C67H112O2. The second kappa shape index (κ2) is 35.7. The SMILES string of the molecule is CC/C=C\C/C=C\C/C=C\C/C=C\C/C=C\C/C=C\CCCCCCCCCCCCCCCCCCCCC(=O)OC1CCC2(C)C(=CCC3C2CCC2(C)C(C(C)CCCC(C)C)CCC32)C1. The van der Waals surface area contributed by atoms with Gasteiger partial charge in [-0.1, -0.05) is 248 Å². The highest BCUT2D eigenvalue weighted by atomic mass is 16.5. The Morgan fingerprint density at radius 1 is 0.565 bits per heavy atom. The van der Waals surface area contributed by atoms with Crippen molar-refractivity contribution in [3.8, 4) is 0 Å². The maximum Gasteiger partial charge on any atom is 0.306 e. The Hall–Kier alpha value is -2.35. The Labute approximate surface area is 429 Å². The molecule has 392 valence electrons. The number of rotatable bonds is 38. The molecule has 2 heteroatoms. The maximum absolute atomic E-state index is 13.0. The molecule has 0 saturated heterocycles. The van der Waals surface area contributed by atoms with Crippen LogP contribution in [0, 0.1) is 46.3 Å². The Bertz CT molecular complexity index is 1550. The number of unbranched alkanes of at least 4 members (excludes halogenated alkanes) is 18. The lowest BCUT2D eigenvalue weighted by Gasteiger charge is -2.58. The fourth-order valence-corrected chi connectivity index (χ4v) is 14.0. The van der Waals surface area contributed by atoms with Gasteiger partial charge in [0.2, 0.25) is 0 Å². The van der Waals surface area contributed by atoms with Crippen molar-refractivity contribution in [2.75, 3.05) is 0 Å². The van der Waals surface area contributed by atoms with Crippen molar-refractivity contribution in [2.24, 2.45) is 46.3 Å². The molecule has 0 aromatic carbocycles. The number of hydrogen-bond donors (Lipinski definition) is 0. The van der Waals surface area contributed by atoms with Gasteiger partial charge in [-0.15, -0.1) is 0 Å². The molecule has 2 nitrogen and oxygen atoms in total. The highest BCUT2D eigenvalue weighted by Crippen LogP contribution is 2.67. The minimum atomic E-state index is 0.0641. The standard InChI is InChI=1S/C67H112O2/c1-7-8-9-10-11-12-13-14-15-16-17-18-19-20-21-22-23-24-25-26-27-28-29-30-31-32-33-34-35-36-37-38-39-40-41-42-43-47-65(68)69-60-52-54-66(5)59(56-60)48-49-61-63-51-50-62(58(4)46-44-45-57(2)3)67(63,6)55-53-64(61)66/h8-9,11-12,14-15,17-18,20-21,23-24,48,57-58,60-64H,7,10,13,16,19,22,25-47,49-56H2,1-6H3/b9-8-,12-11-,15-14-,18-17-,21-20-,24-23-. The first-order valence-electron chi connectivity index (χ1n) is 30.5. The molecule has 0 heterocycles. The fourth-order valence-electron chi connectivity index (χ4n) is 14.0. The zero-order valence-corrected chi connectivity index (χ0v) is 46.5. The van der Waals surface area contributed by atoms with E-state index in [0.717, 1.165) is 93.3 Å². The second-order valence-electron chi connectivity index (χ2n) is 24.0. The van der Waals surface area contributed by atoms with Crippen molar-refractivity contribution in [2.45, 2.75) is 285 Å².